The zero-order valence-electron chi connectivity index (χ0n) is 12.4. The first-order chi connectivity index (χ1) is 11.3. The van der Waals surface area contributed by atoms with Gasteiger partial charge in [-0.3, -0.25) is 9.59 Å². The predicted molar refractivity (Wildman–Crippen MR) is 95.9 cm³/mol. The summed E-state index contributed by atoms with van der Waals surface area (Å²) in [5.74, 6) is 0. The minimum Gasteiger partial charge on any atom is -0.298 e. The normalized spacial score (nSPS) is 10.5. The molecule has 0 aliphatic carbocycles. The van der Waals surface area contributed by atoms with E-state index in [9.17, 15) is 9.59 Å². The van der Waals surface area contributed by atoms with E-state index in [-0.39, 0.29) is 0 Å². The van der Waals surface area contributed by atoms with Crippen molar-refractivity contribution in [3.8, 4) is 0 Å². The Morgan fingerprint density at radius 2 is 0.913 bits per heavy atom. The van der Waals surface area contributed by atoms with E-state index in [0.29, 0.717) is 11.1 Å². The summed E-state index contributed by atoms with van der Waals surface area (Å²) < 4.78 is 0. The van der Waals surface area contributed by atoms with Gasteiger partial charge in [-0.1, -0.05) is 78.9 Å². The molecule has 0 bridgehead atoms. The third kappa shape index (κ3) is 3.44. The van der Waals surface area contributed by atoms with Crippen molar-refractivity contribution in [3.05, 3.63) is 90.0 Å². The Kier molecular flexibility index (Phi) is 4.75. The fourth-order valence-electron chi connectivity index (χ4n) is 2.43. The number of carbonyl (C=O) groups excluding carboxylic acids is 2. The molecule has 3 aromatic rings. The molecule has 0 aliphatic rings. The summed E-state index contributed by atoms with van der Waals surface area (Å²) in [6.45, 7) is 0. The molecule has 0 heterocycles. The Hall–Kier alpha value is -2.57. The number of carbonyl (C=O) groups is 2. The van der Waals surface area contributed by atoms with Crippen molar-refractivity contribution >= 4 is 36.4 Å². The minimum absolute atomic E-state index is 0.674. The first kappa shape index (κ1) is 15.3. The van der Waals surface area contributed by atoms with Crippen molar-refractivity contribution in [2.24, 2.45) is 0 Å². The topological polar surface area (TPSA) is 34.1 Å². The largest absolute Gasteiger partial charge is 0.298 e. The van der Waals surface area contributed by atoms with E-state index in [1.54, 1.807) is 0 Å². The van der Waals surface area contributed by atoms with Crippen LogP contribution in [-0.2, 0) is 0 Å². The molecule has 112 valence electrons. The molecule has 3 heteroatoms. The van der Waals surface area contributed by atoms with E-state index in [4.69, 9.17) is 0 Å². The van der Waals surface area contributed by atoms with Gasteiger partial charge < -0.3 is 0 Å². The number of hydrogen-bond donors (Lipinski definition) is 0. The second-order valence-electron chi connectivity index (χ2n) is 5.09. The Morgan fingerprint density at radius 3 is 1.30 bits per heavy atom. The smallest absolute Gasteiger partial charge is 0.150 e. The van der Waals surface area contributed by atoms with Gasteiger partial charge in [0.1, 0.15) is 12.6 Å². The highest BCUT2D eigenvalue weighted by Crippen LogP contribution is 2.32. The molecule has 0 radical (unpaired) electrons. The third-order valence-electron chi connectivity index (χ3n) is 3.59. The molecule has 0 N–H and O–H groups in total. The lowest BCUT2D eigenvalue weighted by molar-refractivity contribution is 0.111. The van der Waals surface area contributed by atoms with Crippen LogP contribution in [0.4, 0.5) is 0 Å². The van der Waals surface area contributed by atoms with Gasteiger partial charge in [0.15, 0.2) is 0 Å². The molecule has 0 spiro atoms. The maximum absolute atomic E-state index is 10.9. The Labute approximate surface area is 136 Å². The summed E-state index contributed by atoms with van der Waals surface area (Å²) in [6.07, 6.45) is 1.71. The molecule has 0 unspecified atom stereocenters. The second-order valence-corrected chi connectivity index (χ2v) is 7.31. The molecular weight excluding hydrogens is 303 g/mol. The predicted octanol–water partition coefficient (Wildman–Crippen LogP) is 3.07. The molecule has 2 nitrogen and oxygen atoms in total. The standard InChI is InChI=1S/C20H15O2P/c21-14-16-6-10-19(11-7-16)23(18-4-2-1-3-5-18)20-12-8-17(15-22)9-13-20/h1-15H. The first-order valence-electron chi connectivity index (χ1n) is 7.27. The van der Waals surface area contributed by atoms with Crippen LogP contribution in [0.5, 0.6) is 0 Å². The van der Waals surface area contributed by atoms with Crippen LogP contribution < -0.4 is 15.9 Å². The fraction of sp³-hybridized carbons (Fsp3) is 0. The zero-order chi connectivity index (χ0) is 16.1. The second kappa shape index (κ2) is 7.13. The highest BCUT2D eigenvalue weighted by Gasteiger charge is 2.16. The van der Waals surface area contributed by atoms with E-state index in [2.05, 4.69) is 12.1 Å². The van der Waals surface area contributed by atoms with Crippen molar-refractivity contribution < 1.29 is 9.59 Å². The van der Waals surface area contributed by atoms with E-state index in [0.717, 1.165) is 12.6 Å². The average molecular weight is 318 g/mol. The Morgan fingerprint density at radius 1 is 0.522 bits per heavy atom. The summed E-state index contributed by atoms with van der Waals surface area (Å²) in [5.41, 5.74) is 1.35. The quantitative estimate of drug-likeness (QED) is 0.535. The van der Waals surface area contributed by atoms with Crippen LogP contribution in [0.25, 0.3) is 0 Å². The van der Waals surface area contributed by atoms with Gasteiger partial charge in [0, 0.05) is 11.1 Å². The zero-order valence-corrected chi connectivity index (χ0v) is 13.3. The summed E-state index contributed by atoms with van der Waals surface area (Å²) in [4.78, 5) is 21.7. The van der Waals surface area contributed by atoms with Crippen molar-refractivity contribution in [2.45, 2.75) is 0 Å². The highest BCUT2D eigenvalue weighted by molar-refractivity contribution is 7.79. The van der Waals surface area contributed by atoms with Crippen molar-refractivity contribution in [1.29, 1.82) is 0 Å². The summed E-state index contributed by atoms with van der Waals surface area (Å²) in [6, 6.07) is 25.7. The van der Waals surface area contributed by atoms with Gasteiger partial charge in [-0.15, -0.1) is 0 Å². The van der Waals surface area contributed by atoms with Crippen LogP contribution in [0.2, 0.25) is 0 Å². The third-order valence-corrected chi connectivity index (χ3v) is 6.03. The van der Waals surface area contributed by atoms with Crippen LogP contribution in [0.15, 0.2) is 78.9 Å². The maximum Gasteiger partial charge on any atom is 0.150 e. The lowest BCUT2D eigenvalue weighted by atomic mass is 10.2. The average Bonchev–Trinajstić information content (AvgIpc) is 2.64. The first-order valence-corrected chi connectivity index (χ1v) is 8.61. The van der Waals surface area contributed by atoms with Gasteiger partial charge in [0.05, 0.1) is 0 Å². The molecule has 0 atom stereocenters. The fourth-order valence-corrected chi connectivity index (χ4v) is 4.69. The van der Waals surface area contributed by atoms with Gasteiger partial charge in [-0.25, -0.2) is 0 Å². The van der Waals surface area contributed by atoms with Gasteiger partial charge in [0.25, 0.3) is 0 Å². The van der Waals surface area contributed by atoms with E-state index >= 15 is 0 Å². The lowest BCUT2D eigenvalue weighted by Crippen LogP contribution is -2.20. The summed E-state index contributed by atoms with van der Waals surface area (Å²) >= 11 is 0. The molecule has 0 aromatic heterocycles. The van der Waals surface area contributed by atoms with Crippen molar-refractivity contribution in [1.82, 2.24) is 0 Å². The van der Waals surface area contributed by atoms with Crippen LogP contribution in [0.1, 0.15) is 20.7 Å². The van der Waals surface area contributed by atoms with Crippen LogP contribution in [-0.4, -0.2) is 12.6 Å². The highest BCUT2D eigenvalue weighted by atomic mass is 31.1. The lowest BCUT2D eigenvalue weighted by Gasteiger charge is -2.19. The van der Waals surface area contributed by atoms with Gasteiger partial charge in [-0.2, -0.15) is 0 Å². The van der Waals surface area contributed by atoms with Crippen LogP contribution >= 0.6 is 7.92 Å². The van der Waals surface area contributed by atoms with Crippen LogP contribution in [0, 0.1) is 0 Å². The Balaban J connectivity index is 2.08. The molecule has 0 saturated carbocycles. The maximum atomic E-state index is 10.9. The Bertz CT molecular complexity index is 742. The van der Waals surface area contributed by atoms with E-state index < -0.39 is 7.92 Å². The molecule has 0 aliphatic heterocycles. The molecule has 0 saturated heterocycles. The summed E-state index contributed by atoms with van der Waals surface area (Å²) in [7, 11) is -0.713. The summed E-state index contributed by atoms with van der Waals surface area (Å²) in [5, 5.41) is 3.59. The molecular formula is C20H15O2P. The van der Waals surface area contributed by atoms with Crippen LogP contribution in [0.3, 0.4) is 0 Å². The van der Waals surface area contributed by atoms with Gasteiger partial charge in [0.2, 0.25) is 0 Å². The van der Waals surface area contributed by atoms with Gasteiger partial charge >= 0.3 is 0 Å². The SMILES string of the molecule is O=Cc1ccc(P(c2ccccc2)c2ccc(C=O)cc2)cc1. The van der Waals surface area contributed by atoms with Crippen molar-refractivity contribution in [2.75, 3.05) is 0 Å². The van der Waals surface area contributed by atoms with E-state index in [1.165, 1.54) is 15.9 Å². The molecule has 3 aromatic carbocycles. The van der Waals surface area contributed by atoms with E-state index in [1.807, 2.05) is 66.7 Å². The molecule has 3 rings (SSSR count). The number of benzene rings is 3. The van der Waals surface area contributed by atoms with Gasteiger partial charge in [-0.05, 0) is 23.8 Å². The molecule has 23 heavy (non-hydrogen) atoms. The van der Waals surface area contributed by atoms with Crippen molar-refractivity contribution in [3.63, 3.8) is 0 Å². The molecule has 0 amide bonds. The number of aldehydes is 2. The number of hydrogen-bond acceptors (Lipinski definition) is 2. The molecule has 0 fully saturated rings. The minimum atomic E-state index is -0.713. The number of rotatable bonds is 5. The monoisotopic (exact) mass is 318 g/mol.